The molecule has 1 unspecified atom stereocenters. The van der Waals surface area contributed by atoms with Crippen molar-refractivity contribution in [3.63, 3.8) is 0 Å². The maximum absolute atomic E-state index is 13.8. The quantitative estimate of drug-likeness (QED) is 0.346. The van der Waals surface area contributed by atoms with Gasteiger partial charge in [-0.15, -0.1) is 0 Å². The molecule has 2 amide bonds. The number of carbonyl (C=O) groups excluding carboxylic acids is 1. The SMILES string of the molecule is CC1=C(c2nc(-c3cccc(F)c3)no2)C(c2ccc(Cl)cc2)NC(=O)N1Cc1ccccc1C. The molecule has 4 aromatic rings. The Morgan fingerprint density at radius 2 is 1.83 bits per heavy atom. The standard InChI is InChI=1S/C27H22ClFN4O2/c1-16-6-3-4-7-20(16)15-33-17(2)23(24(30-27(33)34)18-10-12-21(28)13-11-18)26-31-25(32-35-26)19-8-5-9-22(29)14-19/h3-14,24H,15H2,1-2H3,(H,30,34). The summed E-state index contributed by atoms with van der Waals surface area (Å²) in [5.41, 5.74) is 4.77. The number of carbonyl (C=O) groups is 1. The predicted molar refractivity (Wildman–Crippen MR) is 132 cm³/mol. The maximum atomic E-state index is 13.8. The van der Waals surface area contributed by atoms with Crippen molar-refractivity contribution in [2.24, 2.45) is 0 Å². The average Bonchev–Trinajstić information content (AvgIpc) is 3.33. The Labute approximate surface area is 207 Å². The molecule has 1 N–H and O–H groups in total. The zero-order chi connectivity index (χ0) is 24.5. The largest absolute Gasteiger partial charge is 0.334 e. The number of amides is 2. The molecule has 0 fully saturated rings. The van der Waals surface area contributed by atoms with Gasteiger partial charge in [-0.1, -0.05) is 65.3 Å². The summed E-state index contributed by atoms with van der Waals surface area (Å²) in [6, 6.07) is 20.4. The van der Waals surface area contributed by atoms with E-state index in [0.29, 0.717) is 28.4 Å². The first-order valence-electron chi connectivity index (χ1n) is 11.1. The van der Waals surface area contributed by atoms with Crippen LogP contribution in [0.4, 0.5) is 9.18 Å². The third kappa shape index (κ3) is 4.55. The first-order valence-corrected chi connectivity index (χ1v) is 11.5. The second kappa shape index (κ2) is 9.35. The lowest BCUT2D eigenvalue weighted by Crippen LogP contribution is -2.45. The van der Waals surface area contributed by atoms with E-state index in [1.807, 2.05) is 50.2 Å². The van der Waals surface area contributed by atoms with Crippen molar-refractivity contribution in [2.45, 2.75) is 26.4 Å². The van der Waals surface area contributed by atoms with Gasteiger partial charge in [0, 0.05) is 16.3 Å². The van der Waals surface area contributed by atoms with Crippen molar-refractivity contribution in [1.82, 2.24) is 20.4 Å². The van der Waals surface area contributed by atoms with Gasteiger partial charge in [-0.05, 0) is 54.8 Å². The van der Waals surface area contributed by atoms with Crippen LogP contribution in [0.3, 0.4) is 0 Å². The van der Waals surface area contributed by atoms with Crippen molar-refractivity contribution in [1.29, 1.82) is 0 Å². The van der Waals surface area contributed by atoms with E-state index in [9.17, 15) is 9.18 Å². The van der Waals surface area contributed by atoms with E-state index >= 15 is 0 Å². The number of hydrogen-bond acceptors (Lipinski definition) is 4. The van der Waals surface area contributed by atoms with Crippen LogP contribution < -0.4 is 5.32 Å². The smallest absolute Gasteiger partial charge is 0.322 e. The zero-order valence-corrected chi connectivity index (χ0v) is 19.9. The molecule has 1 aliphatic rings. The molecule has 8 heteroatoms. The van der Waals surface area contributed by atoms with Gasteiger partial charge in [0.1, 0.15) is 5.82 Å². The van der Waals surface area contributed by atoms with E-state index in [-0.39, 0.29) is 17.7 Å². The number of halogens is 2. The maximum Gasteiger partial charge on any atom is 0.322 e. The van der Waals surface area contributed by atoms with E-state index in [0.717, 1.165) is 16.7 Å². The number of nitrogens with zero attached hydrogens (tertiary/aromatic N) is 3. The minimum atomic E-state index is -0.534. The number of allylic oxidation sites excluding steroid dienone is 1. The fourth-order valence-corrected chi connectivity index (χ4v) is 4.32. The summed E-state index contributed by atoms with van der Waals surface area (Å²) in [6.07, 6.45) is 0. The monoisotopic (exact) mass is 488 g/mol. The minimum absolute atomic E-state index is 0.237. The molecule has 1 aromatic heterocycles. The van der Waals surface area contributed by atoms with Gasteiger partial charge in [0.2, 0.25) is 5.82 Å². The van der Waals surface area contributed by atoms with Gasteiger partial charge in [0.15, 0.2) is 0 Å². The number of aryl methyl sites for hydroxylation is 1. The Kier molecular flexibility index (Phi) is 6.09. The summed E-state index contributed by atoms with van der Waals surface area (Å²) in [4.78, 5) is 19.5. The van der Waals surface area contributed by atoms with Crippen LogP contribution in [-0.2, 0) is 6.54 Å². The van der Waals surface area contributed by atoms with Crippen LogP contribution in [0.5, 0.6) is 0 Å². The highest BCUT2D eigenvalue weighted by Gasteiger charge is 2.36. The van der Waals surface area contributed by atoms with Crippen LogP contribution in [0.2, 0.25) is 5.02 Å². The predicted octanol–water partition coefficient (Wildman–Crippen LogP) is 6.54. The first kappa shape index (κ1) is 22.8. The summed E-state index contributed by atoms with van der Waals surface area (Å²) in [5.74, 6) is 0.117. The highest BCUT2D eigenvalue weighted by atomic mass is 35.5. The molecule has 0 aliphatic carbocycles. The molecule has 1 aliphatic heterocycles. The summed E-state index contributed by atoms with van der Waals surface area (Å²) >= 11 is 6.09. The van der Waals surface area contributed by atoms with Crippen LogP contribution in [0.15, 0.2) is 83.0 Å². The summed E-state index contributed by atoms with van der Waals surface area (Å²) < 4.78 is 19.4. The van der Waals surface area contributed by atoms with Crippen molar-refractivity contribution in [3.8, 4) is 11.4 Å². The molecule has 0 spiro atoms. The number of urea groups is 1. The summed E-state index contributed by atoms with van der Waals surface area (Å²) in [5, 5.41) is 7.75. The Balaban J connectivity index is 1.61. The second-order valence-electron chi connectivity index (χ2n) is 8.38. The first-order chi connectivity index (χ1) is 16.9. The van der Waals surface area contributed by atoms with E-state index in [1.54, 1.807) is 29.2 Å². The fraction of sp³-hybridized carbons (Fsp3) is 0.148. The molecule has 0 saturated carbocycles. The van der Waals surface area contributed by atoms with Gasteiger partial charge < -0.3 is 9.84 Å². The Bertz CT molecular complexity index is 1430. The molecule has 0 saturated heterocycles. The summed E-state index contributed by atoms with van der Waals surface area (Å²) in [7, 11) is 0. The number of rotatable bonds is 5. The van der Waals surface area contributed by atoms with Crippen LogP contribution in [0.25, 0.3) is 17.0 Å². The van der Waals surface area contributed by atoms with E-state index < -0.39 is 11.9 Å². The van der Waals surface area contributed by atoms with Crippen LogP contribution in [0, 0.1) is 12.7 Å². The molecule has 1 atom stereocenters. The lowest BCUT2D eigenvalue weighted by molar-refractivity contribution is 0.203. The van der Waals surface area contributed by atoms with Gasteiger partial charge in [-0.3, -0.25) is 4.90 Å². The molecule has 0 bridgehead atoms. The van der Waals surface area contributed by atoms with Gasteiger partial charge in [-0.2, -0.15) is 4.98 Å². The molecular weight excluding hydrogens is 467 g/mol. The topological polar surface area (TPSA) is 71.3 Å². The van der Waals surface area contributed by atoms with Crippen LogP contribution in [-0.4, -0.2) is 21.1 Å². The number of hydrogen-bond donors (Lipinski definition) is 1. The second-order valence-corrected chi connectivity index (χ2v) is 8.82. The van der Waals surface area contributed by atoms with Gasteiger partial charge >= 0.3 is 6.03 Å². The number of aromatic nitrogens is 2. The van der Waals surface area contributed by atoms with Crippen LogP contribution in [0.1, 0.15) is 35.5 Å². The van der Waals surface area contributed by atoms with Crippen LogP contribution >= 0.6 is 11.6 Å². The molecule has 176 valence electrons. The Hall–Kier alpha value is -3.97. The normalized spacial score (nSPS) is 15.9. The molecule has 6 nitrogen and oxygen atoms in total. The minimum Gasteiger partial charge on any atom is -0.334 e. The summed E-state index contributed by atoms with van der Waals surface area (Å²) in [6.45, 7) is 4.25. The van der Waals surface area contributed by atoms with Gasteiger partial charge in [-0.25, -0.2) is 9.18 Å². The average molecular weight is 489 g/mol. The molecule has 35 heavy (non-hydrogen) atoms. The van der Waals surface area contributed by atoms with Crippen molar-refractivity contribution >= 4 is 23.2 Å². The van der Waals surface area contributed by atoms with Gasteiger partial charge in [0.05, 0.1) is 18.2 Å². The Morgan fingerprint density at radius 3 is 2.57 bits per heavy atom. The molecule has 2 heterocycles. The number of benzene rings is 3. The van der Waals surface area contributed by atoms with E-state index in [4.69, 9.17) is 16.1 Å². The Morgan fingerprint density at radius 1 is 1.06 bits per heavy atom. The van der Waals surface area contributed by atoms with Gasteiger partial charge in [0.25, 0.3) is 5.89 Å². The van der Waals surface area contributed by atoms with Crippen molar-refractivity contribution < 1.29 is 13.7 Å². The highest BCUT2D eigenvalue weighted by Crippen LogP contribution is 2.38. The van der Waals surface area contributed by atoms with E-state index in [2.05, 4.69) is 15.5 Å². The molecular formula is C27H22ClFN4O2. The third-order valence-electron chi connectivity index (χ3n) is 6.13. The highest BCUT2D eigenvalue weighted by molar-refractivity contribution is 6.30. The molecule has 3 aromatic carbocycles. The zero-order valence-electron chi connectivity index (χ0n) is 19.1. The lowest BCUT2D eigenvalue weighted by atomic mass is 9.94. The molecule has 0 radical (unpaired) electrons. The third-order valence-corrected chi connectivity index (χ3v) is 6.38. The van der Waals surface area contributed by atoms with Crippen molar-refractivity contribution in [2.75, 3.05) is 0 Å². The van der Waals surface area contributed by atoms with E-state index in [1.165, 1.54) is 12.1 Å². The van der Waals surface area contributed by atoms with Crippen molar-refractivity contribution in [3.05, 3.63) is 112 Å². The number of nitrogens with one attached hydrogen (secondary N) is 1. The lowest BCUT2D eigenvalue weighted by Gasteiger charge is -2.35. The molecule has 5 rings (SSSR count). The fourth-order valence-electron chi connectivity index (χ4n) is 4.19.